The lowest BCUT2D eigenvalue weighted by atomic mass is 10.1. The number of nitrogens with two attached hydrogens (primary N) is 1. The van der Waals surface area contributed by atoms with Crippen molar-refractivity contribution in [3.63, 3.8) is 0 Å². The van der Waals surface area contributed by atoms with Crippen LogP contribution in [0.1, 0.15) is 15.9 Å². The van der Waals surface area contributed by atoms with Gasteiger partial charge in [-0.2, -0.15) is 5.10 Å². The van der Waals surface area contributed by atoms with E-state index in [1.54, 1.807) is 10.7 Å². The second-order valence-electron chi connectivity index (χ2n) is 6.33. The molecule has 3 rings (SSSR count). The van der Waals surface area contributed by atoms with Crippen molar-refractivity contribution in [2.75, 3.05) is 27.2 Å². The van der Waals surface area contributed by atoms with Gasteiger partial charge in [-0.05, 0) is 37.9 Å². The number of amides is 1. The molecule has 3 N–H and O–H groups in total. The highest BCUT2D eigenvalue weighted by Crippen LogP contribution is 2.19. The number of carbonyl (C=O) groups excluding carboxylic acids is 1. The summed E-state index contributed by atoms with van der Waals surface area (Å²) in [7, 11) is 4.13. The molecular weight excluding hydrogens is 314 g/mol. The summed E-state index contributed by atoms with van der Waals surface area (Å²) < 4.78 is 1.78. The molecule has 0 saturated heterocycles. The van der Waals surface area contributed by atoms with Gasteiger partial charge in [-0.25, -0.2) is 4.68 Å². The van der Waals surface area contributed by atoms with Gasteiger partial charge < -0.3 is 16.0 Å². The molecule has 0 radical (unpaired) electrons. The largest absolute Gasteiger partial charge is 0.366 e. The summed E-state index contributed by atoms with van der Waals surface area (Å²) in [4.78, 5) is 13.7. The second-order valence-corrected chi connectivity index (χ2v) is 6.33. The van der Waals surface area contributed by atoms with E-state index in [1.165, 1.54) is 5.56 Å². The van der Waals surface area contributed by atoms with Crippen molar-refractivity contribution in [3.8, 4) is 5.69 Å². The number of rotatable bonds is 7. The zero-order valence-corrected chi connectivity index (χ0v) is 14.6. The van der Waals surface area contributed by atoms with Crippen molar-refractivity contribution in [1.29, 1.82) is 0 Å². The Labute approximate surface area is 147 Å². The number of benzene rings is 2. The zero-order valence-electron chi connectivity index (χ0n) is 14.6. The predicted octanol–water partition coefficient (Wildman–Crippen LogP) is 1.78. The van der Waals surface area contributed by atoms with Gasteiger partial charge in [0.05, 0.1) is 11.3 Å². The van der Waals surface area contributed by atoms with Gasteiger partial charge in [-0.3, -0.25) is 4.79 Å². The van der Waals surface area contributed by atoms with Crippen LogP contribution in [0.15, 0.2) is 48.7 Å². The maximum atomic E-state index is 11.5. The molecule has 0 unspecified atom stereocenters. The van der Waals surface area contributed by atoms with Crippen LogP contribution in [0.4, 0.5) is 0 Å². The first-order chi connectivity index (χ1) is 12.0. The number of nitrogens with one attached hydrogen (secondary N) is 1. The highest BCUT2D eigenvalue weighted by molar-refractivity contribution is 6.04. The Hall–Kier alpha value is -2.70. The van der Waals surface area contributed by atoms with Crippen molar-refractivity contribution < 1.29 is 4.79 Å². The summed E-state index contributed by atoms with van der Waals surface area (Å²) in [6.07, 6.45) is 1.91. The van der Waals surface area contributed by atoms with Gasteiger partial charge in [0.25, 0.3) is 5.91 Å². The van der Waals surface area contributed by atoms with Gasteiger partial charge in [-0.15, -0.1) is 0 Å². The van der Waals surface area contributed by atoms with Gasteiger partial charge >= 0.3 is 0 Å². The van der Waals surface area contributed by atoms with Crippen LogP contribution >= 0.6 is 0 Å². The number of likely N-dealkylation sites (N-methyl/N-ethyl adjacent to an activating group) is 1. The molecule has 0 fully saturated rings. The first kappa shape index (κ1) is 17.1. The van der Waals surface area contributed by atoms with E-state index in [-0.39, 0.29) is 0 Å². The van der Waals surface area contributed by atoms with Crippen LogP contribution in [0.25, 0.3) is 16.6 Å². The van der Waals surface area contributed by atoms with Crippen LogP contribution in [0, 0.1) is 0 Å². The van der Waals surface area contributed by atoms with Gasteiger partial charge in [-0.1, -0.05) is 24.3 Å². The van der Waals surface area contributed by atoms with E-state index in [0.717, 1.165) is 30.7 Å². The fourth-order valence-corrected chi connectivity index (χ4v) is 2.68. The standard InChI is InChI=1S/C19H23N5O/c1-23(2)11-10-21-12-14-6-8-16(9-7-14)24-13-15-4-3-5-17(19(20)25)18(15)22-24/h3-9,13,21H,10-12H2,1-2H3,(H2,20,25). The third kappa shape index (κ3) is 4.04. The van der Waals surface area contributed by atoms with Crippen molar-refractivity contribution in [2.45, 2.75) is 6.54 Å². The molecule has 0 aliphatic carbocycles. The second kappa shape index (κ2) is 7.46. The highest BCUT2D eigenvalue weighted by Gasteiger charge is 2.10. The molecular formula is C19H23N5O. The summed E-state index contributed by atoms with van der Waals surface area (Å²) in [5.41, 5.74) is 8.67. The normalized spacial score (nSPS) is 11.3. The SMILES string of the molecule is CN(C)CCNCc1ccc(-n2cc3cccc(C(N)=O)c3n2)cc1. The summed E-state index contributed by atoms with van der Waals surface area (Å²) in [5, 5.41) is 8.84. The lowest BCUT2D eigenvalue weighted by Crippen LogP contribution is -2.26. The van der Waals surface area contributed by atoms with E-state index < -0.39 is 5.91 Å². The third-order valence-corrected chi connectivity index (χ3v) is 4.07. The quantitative estimate of drug-likeness (QED) is 0.644. The molecule has 3 aromatic rings. The van der Waals surface area contributed by atoms with Crippen molar-refractivity contribution in [3.05, 3.63) is 59.8 Å². The number of primary amides is 1. The molecule has 0 saturated carbocycles. The molecule has 25 heavy (non-hydrogen) atoms. The number of hydrogen-bond acceptors (Lipinski definition) is 4. The lowest BCUT2D eigenvalue weighted by molar-refractivity contribution is 0.100. The van der Waals surface area contributed by atoms with E-state index in [9.17, 15) is 4.79 Å². The first-order valence-electron chi connectivity index (χ1n) is 8.27. The maximum absolute atomic E-state index is 11.5. The van der Waals surface area contributed by atoms with E-state index in [1.807, 2.05) is 30.5 Å². The minimum Gasteiger partial charge on any atom is -0.366 e. The Morgan fingerprint density at radius 1 is 1.20 bits per heavy atom. The average Bonchev–Trinajstić information content (AvgIpc) is 3.03. The van der Waals surface area contributed by atoms with Gasteiger partial charge in [0, 0.05) is 31.2 Å². The molecule has 0 aliphatic heterocycles. The van der Waals surface area contributed by atoms with E-state index in [4.69, 9.17) is 5.73 Å². The minimum absolute atomic E-state index is 0.443. The summed E-state index contributed by atoms with van der Waals surface area (Å²) in [6, 6.07) is 13.7. The number of aromatic nitrogens is 2. The van der Waals surface area contributed by atoms with E-state index >= 15 is 0 Å². The van der Waals surface area contributed by atoms with Crippen molar-refractivity contribution in [1.82, 2.24) is 20.0 Å². The van der Waals surface area contributed by atoms with E-state index in [2.05, 4.69) is 41.5 Å². The Bertz CT molecular complexity index is 867. The van der Waals surface area contributed by atoms with Gasteiger partial charge in [0.1, 0.15) is 5.52 Å². The first-order valence-corrected chi connectivity index (χ1v) is 8.27. The third-order valence-electron chi connectivity index (χ3n) is 4.07. The van der Waals surface area contributed by atoms with Crippen LogP contribution in [0.3, 0.4) is 0 Å². The lowest BCUT2D eigenvalue weighted by Gasteiger charge is -2.10. The van der Waals surface area contributed by atoms with Crippen LogP contribution in [0.2, 0.25) is 0 Å². The molecule has 0 bridgehead atoms. The highest BCUT2D eigenvalue weighted by atomic mass is 16.1. The summed E-state index contributed by atoms with van der Waals surface area (Å²) in [5.74, 6) is -0.463. The molecule has 6 heteroatoms. The van der Waals surface area contributed by atoms with Crippen LogP contribution in [0.5, 0.6) is 0 Å². The molecule has 2 aromatic carbocycles. The molecule has 1 heterocycles. The minimum atomic E-state index is -0.463. The molecule has 1 aromatic heterocycles. The number of hydrogen-bond donors (Lipinski definition) is 2. The average molecular weight is 337 g/mol. The maximum Gasteiger partial charge on any atom is 0.250 e. The van der Waals surface area contributed by atoms with Crippen molar-refractivity contribution >= 4 is 16.8 Å². The Balaban J connectivity index is 1.75. The monoisotopic (exact) mass is 337 g/mol. The number of nitrogens with zero attached hydrogens (tertiary/aromatic N) is 3. The molecule has 130 valence electrons. The van der Waals surface area contributed by atoms with Crippen LogP contribution in [-0.2, 0) is 6.54 Å². The fraction of sp³-hybridized carbons (Fsp3) is 0.263. The Morgan fingerprint density at radius 3 is 2.64 bits per heavy atom. The Kier molecular flexibility index (Phi) is 5.11. The zero-order chi connectivity index (χ0) is 17.8. The fourth-order valence-electron chi connectivity index (χ4n) is 2.68. The molecule has 0 atom stereocenters. The number of fused-ring (bicyclic) bond motifs is 1. The smallest absolute Gasteiger partial charge is 0.250 e. The Morgan fingerprint density at radius 2 is 1.96 bits per heavy atom. The van der Waals surface area contributed by atoms with Crippen LogP contribution < -0.4 is 11.1 Å². The summed E-state index contributed by atoms with van der Waals surface area (Å²) >= 11 is 0. The van der Waals surface area contributed by atoms with Gasteiger partial charge in [0.2, 0.25) is 0 Å². The molecule has 0 aliphatic rings. The van der Waals surface area contributed by atoms with Crippen molar-refractivity contribution in [2.24, 2.45) is 5.73 Å². The predicted molar refractivity (Wildman–Crippen MR) is 99.8 cm³/mol. The van der Waals surface area contributed by atoms with Gasteiger partial charge in [0.15, 0.2) is 0 Å². The summed E-state index contributed by atoms with van der Waals surface area (Å²) in [6.45, 7) is 2.80. The van der Waals surface area contributed by atoms with E-state index in [0.29, 0.717) is 11.1 Å². The van der Waals surface area contributed by atoms with Crippen LogP contribution in [-0.4, -0.2) is 47.8 Å². The number of carbonyl (C=O) groups is 1. The topological polar surface area (TPSA) is 76.2 Å². The molecule has 1 amide bonds. The molecule has 6 nitrogen and oxygen atoms in total. The molecule has 0 spiro atoms.